The van der Waals surface area contributed by atoms with Crippen molar-refractivity contribution in [2.45, 2.75) is 39.3 Å². The van der Waals surface area contributed by atoms with Crippen LogP contribution in [0.5, 0.6) is 5.75 Å². The molecule has 0 fully saturated rings. The standard InChI is InChI=1S/C14H20N2O4/c1-8(15)12(18)10-6-5-9(7-11(10)17)16-13(19)20-14(2,3)4/h5-8,17H,15H2,1-4H3,(H,16,19). The highest BCUT2D eigenvalue weighted by atomic mass is 16.6. The van der Waals surface area contributed by atoms with Crippen molar-refractivity contribution in [2.75, 3.05) is 5.32 Å². The van der Waals surface area contributed by atoms with Crippen molar-refractivity contribution < 1.29 is 19.4 Å². The van der Waals surface area contributed by atoms with Crippen LogP contribution < -0.4 is 11.1 Å². The number of hydrogen-bond donors (Lipinski definition) is 3. The van der Waals surface area contributed by atoms with Gasteiger partial charge in [0.05, 0.1) is 11.6 Å². The zero-order valence-corrected chi connectivity index (χ0v) is 12.1. The van der Waals surface area contributed by atoms with Crippen LogP contribution in [0.2, 0.25) is 0 Å². The Morgan fingerprint density at radius 2 is 1.95 bits per heavy atom. The molecule has 6 heteroatoms. The fraction of sp³-hybridized carbons (Fsp3) is 0.429. The zero-order chi connectivity index (χ0) is 15.5. The summed E-state index contributed by atoms with van der Waals surface area (Å²) in [5, 5.41) is 12.3. The normalized spacial score (nSPS) is 12.7. The Balaban J connectivity index is 2.83. The van der Waals surface area contributed by atoms with Crippen molar-refractivity contribution in [2.24, 2.45) is 5.73 Å². The molecule has 6 nitrogen and oxygen atoms in total. The Labute approximate surface area is 117 Å². The summed E-state index contributed by atoms with van der Waals surface area (Å²) in [6, 6.07) is 3.48. The first kappa shape index (κ1) is 16.0. The average molecular weight is 280 g/mol. The third-order valence-electron chi connectivity index (χ3n) is 2.32. The minimum Gasteiger partial charge on any atom is -0.507 e. The summed E-state index contributed by atoms with van der Waals surface area (Å²) >= 11 is 0. The third-order valence-corrected chi connectivity index (χ3v) is 2.32. The summed E-state index contributed by atoms with van der Waals surface area (Å²) in [6.45, 7) is 6.77. The molecule has 0 bridgehead atoms. The number of benzene rings is 1. The van der Waals surface area contributed by atoms with Crippen LogP contribution in [0.25, 0.3) is 0 Å². The van der Waals surface area contributed by atoms with Gasteiger partial charge in [-0.1, -0.05) is 0 Å². The number of amides is 1. The van der Waals surface area contributed by atoms with E-state index in [-0.39, 0.29) is 17.1 Å². The quantitative estimate of drug-likeness (QED) is 0.737. The molecule has 1 aromatic carbocycles. The Hall–Kier alpha value is -2.08. The number of ether oxygens (including phenoxy) is 1. The highest BCUT2D eigenvalue weighted by Crippen LogP contribution is 2.23. The highest BCUT2D eigenvalue weighted by Gasteiger charge is 2.18. The molecule has 20 heavy (non-hydrogen) atoms. The number of anilines is 1. The van der Waals surface area contributed by atoms with E-state index in [9.17, 15) is 14.7 Å². The van der Waals surface area contributed by atoms with Crippen molar-refractivity contribution in [1.29, 1.82) is 0 Å². The maximum Gasteiger partial charge on any atom is 0.412 e. The van der Waals surface area contributed by atoms with Gasteiger partial charge in [-0.05, 0) is 39.8 Å². The molecule has 1 atom stereocenters. The summed E-state index contributed by atoms with van der Waals surface area (Å²) in [5.41, 5.74) is 5.31. The Bertz CT molecular complexity index is 518. The van der Waals surface area contributed by atoms with E-state index in [0.717, 1.165) is 0 Å². The topological polar surface area (TPSA) is 102 Å². The van der Waals surface area contributed by atoms with Crippen LogP contribution in [0.15, 0.2) is 18.2 Å². The average Bonchev–Trinajstić information content (AvgIpc) is 2.25. The first-order valence-electron chi connectivity index (χ1n) is 6.23. The molecule has 1 rings (SSSR count). The predicted octanol–water partition coefficient (Wildman–Crippen LogP) is 2.27. The van der Waals surface area contributed by atoms with Crippen LogP contribution in [0.4, 0.5) is 10.5 Å². The smallest absolute Gasteiger partial charge is 0.412 e. The van der Waals surface area contributed by atoms with E-state index >= 15 is 0 Å². The minimum atomic E-state index is -0.703. The maximum atomic E-state index is 11.7. The lowest BCUT2D eigenvalue weighted by Gasteiger charge is -2.19. The summed E-state index contributed by atoms with van der Waals surface area (Å²) in [4.78, 5) is 23.3. The molecule has 0 spiro atoms. The highest BCUT2D eigenvalue weighted by molar-refractivity contribution is 6.02. The van der Waals surface area contributed by atoms with Crippen LogP contribution in [-0.2, 0) is 4.74 Å². The molecule has 0 aliphatic carbocycles. The van der Waals surface area contributed by atoms with Crippen LogP contribution in [-0.4, -0.2) is 28.6 Å². The molecule has 4 N–H and O–H groups in total. The number of aromatic hydroxyl groups is 1. The fourth-order valence-electron chi connectivity index (χ4n) is 1.48. The molecule has 0 aliphatic rings. The van der Waals surface area contributed by atoms with E-state index in [0.29, 0.717) is 5.69 Å². The van der Waals surface area contributed by atoms with E-state index in [2.05, 4.69) is 5.32 Å². The molecule has 1 aromatic rings. The molecule has 0 saturated carbocycles. The van der Waals surface area contributed by atoms with Gasteiger partial charge in [0.15, 0.2) is 5.78 Å². The first-order chi connectivity index (χ1) is 9.10. The molecule has 1 unspecified atom stereocenters. The predicted molar refractivity (Wildman–Crippen MR) is 75.9 cm³/mol. The van der Waals surface area contributed by atoms with Gasteiger partial charge >= 0.3 is 6.09 Å². The monoisotopic (exact) mass is 280 g/mol. The first-order valence-corrected chi connectivity index (χ1v) is 6.23. The number of phenols is 1. The summed E-state index contributed by atoms with van der Waals surface area (Å²) < 4.78 is 5.08. The second-order valence-electron chi connectivity index (χ2n) is 5.51. The van der Waals surface area contributed by atoms with Gasteiger partial charge in [-0.3, -0.25) is 10.1 Å². The number of carbonyl (C=O) groups excluding carboxylic acids is 2. The van der Waals surface area contributed by atoms with Crippen LogP contribution in [0, 0.1) is 0 Å². The summed E-state index contributed by atoms with van der Waals surface area (Å²) in [7, 11) is 0. The van der Waals surface area contributed by atoms with Crippen molar-refractivity contribution >= 4 is 17.6 Å². The van der Waals surface area contributed by atoms with E-state index < -0.39 is 17.7 Å². The number of phenolic OH excluding ortho intramolecular Hbond substituents is 1. The van der Waals surface area contributed by atoms with Crippen molar-refractivity contribution in [3.05, 3.63) is 23.8 Å². The van der Waals surface area contributed by atoms with Gasteiger partial charge in [-0.15, -0.1) is 0 Å². The van der Waals surface area contributed by atoms with Gasteiger partial charge in [0, 0.05) is 11.8 Å². The Morgan fingerprint density at radius 3 is 2.40 bits per heavy atom. The van der Waals surface area contributed by atoms with Crippen molar-refractivity contribution in [1.82, 2.24) is 0 Å². The second kappa shape index (κ2) is 5.92. The maximum absolute atomic E-state index is 11.7. The lowest BCUT2D eigenvalue weighted by atomic mass is 10.0. The fourth-order valence-corrected chi connectivity index (χ4v) is 1.48. The molecule has 0 aromatic heterocycles. The van der Waals surface area contributed by atoms with E-state index in [1.54, 1.807) is 20.8 Å². The number of rotatable bonds is 3. The van der Waals surface area contributed by atoms with Gasteiger partial charge in [0.1, 0.15) is 11.4 Å². The molecule has 1 amide bonds. The molecule has 0 radical (unpaired) electrons. The largest absolute Gasteiger partial charge is 0.507 e. The van der Waals surface area contributed by atoms with Crippen molar-refractivity contribution in [3.63, 3.8) is 0 Å². The summed E-state index contributed by atoms with van der Waals surface area (Å²) in [5.74, 6) is -0.604. The number of hydrogen-bond acceptors (Lipinski definition) is 5. The minimum absolute atomic E-state index is 0.120. The van der Waals surface area contributed by atoms with Gasteiger partial charge in [-0.2, -0.15) is 0 Å². The molecular weight excluding hydrogens is 260 g/mol. The van der Waals surface area contributed by atoms with Crippen LogP contribution in [0.1, 0.15) is 38.1 Å². The molecule has 0 saturated heterocycles. The van der Waals surface area contributed by atoms with Crippen LogP contribution >= 0.6 is 0 Å². The van der Waals surface area contributed by atoms with E-state index in [1.165, 1.54) is 25.1 Å². The van der Waals surface area contributed by atoms with Gasteiger partial charge in [-0.25, -0.2) is 4.79 Å². The summed E-state index contributed by atoms with van der Waals surface area (Å²) in [6.07, 6.45) is -0.636. The third kappa shape index (κ3) is 4.55. The molecule has 0 heterocycles. The lowest BCUT2D eigenvalue weighted by molar-refractivity contribution is 0.0636. The SMILES string of the molecule is CC(N)C(=O)c1ccc(NC(=O)OC(C)(C)C)cc1O. The Morgan fingerprint density at radius 1 is 1.35 bits per heavy atom. The van der Waals surface area contributed by atoms with E-state index in [4.69, 9.17) is 10.5 Å². The molecular formula is C14H20N2O4. The van der Waals surface area contributed by atoms with Gasteiger partial charge in [0.2, 0.25) is 0 Å². The van der Waals surface area contributed by atoms with Crippen LogP contribution in [0.3, 0.4) is 0 Å². The second-order valence-corrected chi connectivity index (χ2v) is 5.51. The zero-order valence-electron chi connectivity index (χ0n) is 12.1. The lowest BCUT2D eigenvalue weighted by Crippen LogP contribution is -2.27. The van der Waals surface area contributed by atoms with E-state index in [1.807, 2.05) is 0 Å². The Kier molecular flexibility index (Phi) is 4.73. The van der Waals surface area contributed by atoms with Crippen molar-refractivity contribution in [3.8, 4) is 5.75 Å². The number of nitrogens with one attached hydrogen (secondary N) is 1. The number of Topliss-reactive ketones (excluding diaryl/α,β-unsaturated/α-hetero) is 1. The van der Waals surface area contributed by atoms with Gasteiger partial charge in [0.25, 0.3) is 0 Å². The number of carbonyl (C=O) groups is 2. The molecule has 0 aliphatic heterocycles. The molecule has 110 valence electrons. The number of nitrogens with two attached hydrogens (primary N) is 1. The number of ketones is 1. The van der Waals surface area contributed by atoms with Gasteiger partial charge < -0.3 is 15.6 Å².